The zero-order valence-corrected chi connectivity index (χ0v) is 26.0. The molecule has 1 fully saturated rings. The molecule has 12 heteroatoms. The number of benzene rings is 2. The van der Waals surface area contributed by atoms with Gasteiger partial charge in [0.25, 0.3) is 0 Å². The van der Waals surface area contributed by atoms with E-state index in [0.717, 1.165) is 29.9 Å². The number of nitrogens with zero attached hydrogens (tertiary/aromatic N) is 3. The van der Waals surface area contributed by atoms with E-state index in [-0.39, 0.29) is 5.69 Å². The van der Waals surface area contributed by atoms with Gasteiger partial charge in [0, 0.05) is 55.1 Å². The molecule has 44 heavy (non-hydrogen) atoms. The summed E-state index contributed by atoms with van der Waals surface area (Å²) >= 11 is 0. The van der Waals surface area contributed by atoms with E-state index in [2.05, 4.69) is 23.6 Å². The van der Waals surface area contributed by atoms with Crippen LogP contribution in [-0.4, -0.2) is 86.1 Å². The Hall–Kier alpha value is -3.81. The van der Waals surface area contributed by atoms with Crippen molar-refractivity contribution in [3.05, 3.63) is 64.6 Å². The van der Waals surface area contributed by atoms with Crippen LogP contribution in [0.5, 0.6) is 5.75 Å². The monoisotopic (exact) mass is 611 g/mol. The van der Waals surface area contributed by atoms with E-state index in [1.807, 2.05) is 36.4 Å². The lowest BCUT2D eigenvalue weighted by Crippen LogP contribution is -2.32. The van der Waals surface area contributed by atoms with Crippen LogP contribution in [0.4, 0.5) is 17.1 Å². The molecule has 1 aliphatic heterocycles. The number of hydrazine groups is 1. The van der Waals surface area contributed by atoms with Gasteiger partial charge < -0.3 is 43.6 Å². The van der Waals surface area contributed by atoms with Crippen LogP contribution in [0, 0.1) is 0 Å². The van der Waals surface area contributed by atoms with Gasteiger partial charge in [-0.3, -0.25) is 5.01 Å². The van der Waals surface area contributed by atoms with Crippen molar-refractivity contribution in [3.8, 4) is 5.75 Å². The van der Waals surface area contributed by atoms with Crippen LogP contribution < -0.4 is 36.7 Å². The summed E-state index contributed by atoms with van der Waals surface area (Å²) in [6, 6.07) is 13.1. The number of rotatable bonds is 8. The molecule has 12 nitrogen and oxygen atoms in total. The van der Waals surface area contributed by atoms with Crippen molar-refractivity contribution in [3.63, 3.8) is 0 Å². The van der Waals surface area contributed by atoms with Crippen molar-refractivity contribution >= 4 is 33.7 Å². The minimum Gasteiger partial charge on any atom is -0.495 e. The average Bonchev–Trinajstić information content (AvgIpc) is 3.04. The van der Waals surface area contributed by atoms with Gasteiger partial charge in [-0.1, -0.05) is 6.07 Å². The Morgan fingerprint density at radius 2 is 1.50 bits per heavy atom. The van der Waals surface area contributed by atoms with Gasteiger partial charge in [-0.2, -0.15) is 0 Å². The fraction of sp³-hybridized carbons (Fsp3) is 0.469. The molecule has 0 spiro atoms. The lowest BCUT2D eigenvalue weighted by atomic mass is 10.1. The van der Waals surface area contributed by atoms with Gasteiger partial charge in [-0.05, 0) is 44.2 Å². The molecule has 4 rings (SSSR count). The first-order chi connectivity index (χ1) is 21.4. The molecule has 4 N–H and O–H groups in total. The Morgan fingerprint density at radius 3 is 2.09 bits per heavy atom. The number of fused-ring (bicyclic) bond motifs is 1. The third kappa shape index (κ3) is 8.87. The molecular formula is C32H45N5O7. The number of nitrogens with two attached hydrogens (primary N) is 2. The van der Waals surface area contributed by atoms with E-state index in [1.165, 1.54) is 11.2 Å². The largest absolute Gasteiger partial charge is 0.495 e. The summed E-state index contributed by atoms with van der Waals surface area (Å²) in [7, 11) is 1.61. The van der Waals surface area contributed by atoms with Crippen LogP contribution >= 0.6 is 0 Å². The molecule has 2 heterocycles. The van der Waals surface area contributed by atoms with E-state index < -0.39 is 5.63 Å². The molecule has 0 aliphatic carbocycles. The van der Waals surface area contributed by atoms with Crippen LogP contribution in [0.25, 0.3) is 16.7 Å². The Labute approximate surface area is 258 Å². The molecule has 240 valence electrons. The molecule has 3 aromatic rings. The van der Waals surface area contributed by atoms with Gasteiger partial charge in [-0.25, -0.2) is 10.6 Å². The second kappa shape index (κ2) is 16.9. The predicted octanol–water partition coefficient (Wildman–Crippen LogP) is 3.17. The zero-order valence-electron chi connectivity index (χ0n) is 26.0. The van der Waals surface area contributed by atoms with Gasteiger partial charge in [0.1, 0.15) is 17.0 Å². The molecule has 1 saturated heterocycles. The van der Waals surface area contributed by atoms with Gasteiger partial charge in [0.2, 0.25) is 0 Å². The summed E-state index contributed by atoms with van der Waals surface area (Å²) in [5.74, 6) is 6.93. The van der Waals surface area contributed by atoms with Crippen molar-refractivity contribution < 1.29 is 28.1 Å². The fourth-order valence-corrected chi connectivity index (χ4v) is 4.93. The molecule has 1 aliphatic rings. The van der Waals surface area contributed by atoms with Crippen LogP contribution in [0.15, 0.2) is 57.9 Å². The average molecular weight is 612 g/mol. The highest BCUT2D eigenvalue weighted by Gasteiger charge is 2.16. The summed E-state index contributed by atoms with van der Waals surface area (Å²) in [5.41, 5.74) is 9.44. The quantitative estimate of drug-likeness (QED) is 0.220. The number of hydrogen-bond acceptors (Lipinski definition) is 12. The second-order valence-electron chi connectivity index (χ2n) is 10.1. The maximum Gasteiger partial charge on any atom is 0.361 e. The van der Waals surface area contributed by atoms with Crippen molar-refractivity contribution in [2.45, 2.75) is 13.8 Å². The topological polar surface area (TPSA) is 138 Å². The number of anilines is 3. The highest BCUT2D eigenvalue weighted by molar-refractivity contribution is 5.83. The minimum absolute atomic E-state index is 0.164. The molecule has 2 aromatic carbocycles. The van der Waals surface area contributed by atoms with Crippen LogP contribution in [0.3, 0.4) is 0 Å². The van der Waals surface area contributed by atoms with Gasteiger partial charge in [-0.15, -0.1) is 0 Å². The van der Waals surface area contributed by atoms with Crippen LogP contribution in [0.1, 0.15) is 19.4 Å². The normalized spacial score (nSPS) is 16.3. The molecule has 0 saturated carbocycles. The smallest absolute Gasteiger partial charge is 0.361 e. The maximum absolute atomic E-state index is 12.9. The first-order valence-corrected chi connectivity index (χ1v) is 15.0. The summed E-state index contributed by atoms with van der Waals surface area (Å²) in [6.07, 6.45) is 1.49. The third-order valence-electron chi connectivity index (χ3n) is 7.37. The van der Waals surface area contributed by atoms with Crippen molar-refractivity contribution in [1.82, 2.24) is 0 Å². The van der Waals surface area contributed by atoms with Crippen LogP contribution in [-0.2, 0) is 18.9 Å². The van der Waals surface area contributed by atoms with Gasteiger partial charge in [0.05, 0.1) is 71.3 Å². The first-order valence-electron chi connectivity index (χ1n) is 15.0. The molecule has 0 radical (unpaired) electrons. The Balaban J connectivity index is 1.52. The first kappa shape index (κ1) is 33.1. The van der Waals surface area contributed by atoms with Gasteiger partial charge in [0.15, 0.2) is 0 Å². The SMILES string of the molecule is CCN(CC)c1ccc2cc(N(N)/C=C(\N)c3ccc(N4CCOCCOCCOCCOCC4)c(OC)c3)c(=O)oc2c1. The fourth-order valence-electron chi connectivity index (χ4n) is 4.93. The third-order valence-corrected chi connectivity index (χ3v) is 7.37. The van der Waals surface area contributed by atoms with E-state index in [4.69, 9.17) is 39.7 Å². The molecule has 0 atom stereocenters. The van der Waals surface area contributed by atoms with E-state index in [0.29, 0.717) is 88.5 Å². The Morgan fingerprint density at radius 1 is 0.886 bits per heavy atom. The van der Waals surface area contributed by atoms with Crippen molar-refractivity contribution in [1.29, 1.82) is 0 Å². The summed E-state index contributed by atoms with van der Waals surface area (Å²) in [4.78, 5) is 17.2. The highest BCUT2D eigenvalue weighted by Crippen LogP contribution is 2.31. The number of methoxy groups -OCH3 is 1. The molecule has 0 unspecified atom stereocenters. The molecule has 1 aromatic heterocycles. The summed E-state index contributed by atoms with van der Waals surface area (Å²) in [5, 5.41) is 1.94. The van der Waals surface area contributed by atoms with E-state index in [9.17, 15) is 4.79 Å². The maximum atomic E-state index is 12.9. The van der Waals surface area contributed by atoms with Crippen molar-refractivity contribution in [2.24, 2.45) is 11.6 Å². The van der Waals surface area contributed by atoms with E-state index in [1.54, 1.807) is 13.2 Å². The molecule has 0 bridgehead atoms. The van der Waals surface area contributed by atoms with Crippen LogP contribution in [0.2, 0.25) is 0 Å². The summed E-state index contributed by atoms with van der Waals surface area (Å²) < 4.78 is 34.0. The Bertz CT molecular complexity index is 1410. The minimum atomic E-state index is -0.562. The lowest BCUT2D eigenvalue weighted by molar-refractivity contribution is 0.00206. The molecule has 0 amide bonds. The number of hydrogen-bond donors (Lipinski definition) is 2. The summed E-state index contributed by atoms with van der Waals surface area (Å²) in [6.45, 7) is 11.3. The molecular weight excluding hydrogens is 566 g/mol. The van der Waals surface area contributed by atoms with E-state index >= 15 is 0 Å². The zero-order chi connectivity index (χ0) is 31.3. The standard InChI is InChI=1S/C32H45N5O7/c1-4-35(5-2)26-8-6-25-20-29(32(38)44-30(25)22-26)37(34)23-27(33)24-7-9-28(31(21-24)39-3)36-10-12-40-14-16-42-18-19-43-17-15-41-13-11-36/h6-9,20-23H,4-5,10-19,33-34H2,1-3H3/b27-23-. The highest BCUT2D eigenvalue weighted by atomic mass is 16.6. The lowest BCUT2D eigenvalue weighted by Gasteiger charge is -2.27. The van der Waals surface area contributed by atoms with Crippen molar-refractivity contribution in [2.75, 3.05) is 101 Å². The second-order valence-corrected chi connectivity index (χ2v) is 10.1. The number of ether oxygens (including phenoxy) is 5. The predicted molar refractivity (Wildman–Crippen MR) is 173 cm³/mol. The Kier molecular flexibility index (Phi) is 12.7. The van der Waals surface area contributed by atoms with Gasteiger partial charge >= 0.3 is 5.63 Å².